The number of amides is 1. The average molecular weight is 513 g/mol. The Morgan fingerprint density at radius 1 is 1.03 bits per heavy atom. The van der Waals surface area contributed by atoms with Crippen molar-refractivity contribution in [3.63, 3.8) is 0 Å². The van der Waals surface area contributed by atoms with Crippen LogP contribution in [-0.4, -0.2) is 34.9 Å². The van der Waals surface area contributed by atoms with E-state index in [9.17, 15) is 4.79 Å². The van der Waals surface area contributed by atoms with Crippen molar-refractivity contribution in [1.29, 1.82) is 0 Å². The summed E-state index contributed by atoms with van der Waals surface area (Å²) in [6.45, 7) is 0.392. The van der Waals surface area contributed by atoms with Crippen LogP contribution in [-0.2, 0) is 23.5 Å². The van der Waals surface area contributed by atoms with Gasteiger partial charge in [-0.05, 0) is 35.9 Å². The van der Waals surface area contributed by atoms with Crippen LogP contribution >= 0.6 is 11.8 Å². The number of benzene rings is 3. The minimum atomic E-state index is -0.0774. The van der Waals surface area contributed by atoms with E-state index < -0.39 is 0 Å². The summed E-state index contributed by atoms with van der Waals surface area (Å²) in [5.41, 5.74) is 3.73. The third-order valence-corrected chi connectivity index (χ3v) is 6.72. The number of para-hydroxylation sites is 1. The highest BCUT2D eigenvalue weighted by molar-refractivity contribution is 7.98. The quantitative estimate of drug-likeness (QED) is 0.230. The van der Waals surface area contributed by atoms with Crippen molar-refractivity contribution in [2.24, 2.45) is 0 Å². The second-order valence-electron chi connectivity index (χ2n) is 8.16. The first-order valence-corrected chi connectivity index (χ1v) is 12.8. The number of nitrogens with one attached hydrogen (secondary N) is 1. The molecule has 1 amide bonds. The van der Waals surface area contributed by atoms with Crippen molar-refractivity contribution in [2.45, 2.75) is 30.3 Å². The maximum atomic E-state index is 12.7. The number of thioether (sulfide) groups is 1. The van der Waals surface area contributed by atoms with Crippen molar-refractivity contribution in [1.82, 2.24) is 20.1 Å². The summed E-state index contributed by atoms with van der Waals surface area (Å²) >= 11 is 1.56. The van der Waals surface area contributed by atoms with Crippen LogP contribution in [0.25, 0.3) is 5.69 Å². The number of terminal acetylenes is 1. The number of methoxy groups -OCH3 is 2. The first-order valence-electron chi connectivity index (χ1n) is 11.8. The van der Waals surface area contributed by atoms with Crippen LogP contribution in [0.15, 0.2) is 78.0 Å². The van der Waals surface area contributed by atoms with Crippen LogP contribution in [0.4, 0.5) is 0 Å². The van der Waals surface area contributed by atoms with Crippen LogP contribution in [0.5, 0.6) is 11.5 Å². The molecule has 188 valence electrons. The summed E-state index contributed by atoms with van der Waals surface area (Å²) in [5, 5.41) is 12.6. The summed E-state index contributed by atoms with van der Waals surface area (Å²) in [4.78, 5) is 12.7. The molecule has 4 aromatic rings. The zero-order chi connectivity index (χ0) is 26.0. The molecule has 4 rings (SSSR count). The van der Waals surface area contributed by atoms with E-state index in [1.165, 1.54) is 0 Å². The number of hydrogen-bond donors (Lipinski definition) is 1. The summed E-state index contributed by atoms with van der Waals surface area (Å²) in [6, 6.07) is 23.2. The van der Waals surface area contributed by atoms with E-state index in [2.05, 4.69) is 21.4 Å². The maximum absolute atomic E-state index is 12.7. The van der Waals surface area contributed by atoms with Gasteiger partial charge in [-0.25, -0.2) is 0 Å². The molecule has 0 fully saturated rings. The van der Waals surface area contributed by atoms with Gasteiger partial charge < -0.3 is 14.8 Å². The van der Waals surface area contributed by atoms with Gasteiger partial charge in [-0.1, -0.05) is 54.1 Å². The third-order valence-electron chi connectivity index (χ3n) is 5.72. The van der Waals surface area contributed by atoms with E-state index in [-0.39, 0.29) is 12.3 Å². The predicted octanol–water partition coefficient (Wildman–Crippen LogP) is 4.81. The average Bonchev–Trinajstić information content (AvgIpc) is 3.36. The molecule has 0 bridgehead atoms. The fraction of sp³-hybridized carbons (Fsp3) is 0.207. The van der Waals surface area contributed by atoms with Gasteiger partial charge in [0.2, 0.25) is 5.91 Å². The largest absolute Gasteiger partial charge is 0.497 e. The Balaban J connectivity index is 1.49. The zero-order valence-electron chi connectivity index (χ0n) is 20.8. The second kappa shape index (κ2) is 12.7. The van der Waals surface area contributed by atoms with E-state index in [0.29, 0.717) is 24.5 Å². The van der Waals surface area contributed by atoms with E-state index in [1.54, 1.807) is 26.0 Å². The van der Waals surface area contributed by atoms with Crippen molar-refractivity contribution in [3.8, 4) is 29.5 Å². The minimum Gasteiger partial charge on any atom is -0.497 e. The topological polar surface area (TPSA) is 78.3 Å². The van der Waals surface area contributed by atoms with Gasteiger partial charge in [0.05, 0.1) is 19.9 Å². The Morgan fingerprint density at radius 2 is 1.86 bits per heavy atom. The van der Waals surface area contributed by atoms with E-state index in [0.717, 1.165) is 39.0 Å². The molecule has 1 aromatic heterocycles. The van der Waals surface area contributed by atoms with Gasteiger partial charge in [-0.15, -0.1) is 16.6 Å². The molecule has 3 aromatic carbocycles. The lowest BCUT2D eigenvalue weighted by Crippen LogP contribution is -2.23. The van der Waals surface area contributed by atoms with Crippen molar-refractivity contribution in [2.75, 3.05) is 14.2 Å². The molecule has 7 nitrogen and oxygen atoms in total. The molecular formula is C29H28N4O3S. The molecule has 0 radical (unpaired) electrons. The van der Waals surface area contributed by atoms with Crippen LogP contribution in [0, 0.1) is 12.3 Å². The number of carbonyl (C=O) groups is 1. The van der Waals surface area contributed by atoms with Crippen molar-refractivity contribution < 1.29 is 14.3 Å². The van der Waals surface area contributed by atoms with Gasteiger partial charge in [0.1, 0.15) is 17.3 Å². The molecule has 8 heteroatoms. The molecular weight excluding hydrogens is 484 g/mol. The van der Waals surface area contributed by atoms with E-state index >= 15 is 0 Å². The number of ether oxygens (including phenoxy) is 2. The smallest absolute Gasteiger partial charge is 0.220 e. The van der Waals surface area contributed by atoms with Gasteiger partial charge in [-0.3, -0.25) is 9.36 Å². The fourth-order valence-electron chi connectivity index (χ4n) is 3.82. The fourth-order valence-corrected chi connectivity index (χ4v) is 4.73. The molecule has 0 saturated heterocycles. The van der Waals surface area contributed by atoms with E-state index in [1.807, 2.05) is 77.4 Å². The maximum Gasteiger partial charge on any atom is 0.220 e. The van der Waals surface area contributed by atoms with Crippen LogP contribution in [0.2, 0.25) is 0 Å². The summed E-state index contributed by atoms with van der Waals surface area (Å²) in [5.74, 6) is 5.44. The number of carbonyl (C=O) groups excluding carboxylic acids is 1. The minimum absolute atomic E-state index is 0.0774. The highest BCUT2D eigenvalue weighted by atomic mass is 32.2. The highest BCUT2D eigenvalue weighted by Crippen LogP contribution is 2.28. The second-order valence-corrected chi connectivity index (χ2v) is 9.10. The van der Waals surface area contributed by atoms with Crippen molar-refractivity contribution >= 4 is 17.7 Å². The standard InChI is InChI=1S/C29H28N4O3S/c1-4-21-9-7-10-22(17-21)20-37-29-32-31-27(33(29)24-12-8-13-25(18-24)35-2)15-16-28(34)30-19-23-11-5-6-14-26(23)36-3/h1,5-14,17-18H,15-16,19-20H2,2-3H3,(H,30,34). The first-order chi connectivity index (χ1) is 18.1. The molecule has 0 spiro atoms. The lowest BCUT2D eigenvalue weighted by atomic mass is 10.1. The molecule has 1 heterocycles. The monoisotopic (exact) mass is 512 g/mol. The Labute approximate surface area is 221 Å². The van der Waals surface area contributed by atoms with Crippen LogP contribution in [0.3, 0.4) is 0 Å². The Hall–Kier alpha value is -4.22. The Kier molecular flexibility index (Phi) is 8.84. The zero-order valence-corrected chi connectivity index (χ0v) is 21.6. The van der Waals surface area contributed by atoms with Gasteiger partial charge in [0.25, 0.3) is 0 Å². The lowest BCUT2D eigenvalue weighted by Gasteiger charge is -2.12. The van der Waals surface area contributed by atoms with Gasteiger partial charge >= 0.3 is 0 Å². The van der Waals surface area contributed by atoms with Gasteiger partial charge in [0, 0.05) is 42.3 Å². The van der Waals surface area contributed by atoms with Crippen molar-refractivity contribution in [3.05, 3.63) is 95.3 Å². The van der Waals surface area contributed by atoms with Gasteiger partial charge in [-0.2, -0.15) is 0 Å². The summed E-state index contributed by atoms with van der Waals surface area (Å²) in [7, 11) is 3.25. The molecule has 0 unspecified atom stereocenters. The first kappa shape index (κ1) is 25.9. The normalized spacial score (nSPS) is 10.5. The lowest BCUT2D eigenvalue weighted by molar-refractivity contribution is -0.121. The van der Waals surface area contributed by atoms with E-state index in [4.69, 9.17) is 15.9 Å². The number of aryl methyl sites for hydroxylation is 1. The SMILES string of the molecule is C#Cc1cccc(CSc2nnc(CCC(=O)NCc3ccccc3OC)n2-c2cccc(OC)c2)c1. The molecule has 0 aliphatic rings. The van der Waals surface area contributed by atoms with Gasteiger partial charge in [0.15, 0.2) is 5.16 Å². The Morgan fingerprint density at radius 3 is 2.68 bits per heavy atom. The number of nitrogens with zero attached hydrogens (tertiary/aromatic N) is 3. The predicted molar refractivity (Wildman–Crippen MR) is 145 cm³/mol. The molecule has 1 N–H and O–H groups in total. The highest BCUT2D eigenvalue weighted by Gasteiger charge is 2.17. The number of rotatable bonds is 11. The number of hydrogen-bond acceptors (Lipinski definition) is 6. The summed E-state index contributed by atoms with van der Waals surface area (Å²) in [6.07, 6.45) is 6.25. The van der Waals surface area contributed by atoms with Crippen LogP contribution in [0.1, 0.15) is 28.9 Å². The molecule has 37 heavy (non-hydrogen) atoms. The third kappa shape index (κ3) is 6.72. The van der Waals surface area contributed by atoms with Crippen LogP contribution < -0.4 is 14.8 Å². The molecule has 0 aliphatic heterocycles. The molecule has 0 aliphatic carbocycles. The Bertz CT molecular complexity index is 1410. The molecule has 0 atom stereocenters. The summed E-state index contributed by atoms with van der Waals surface area (Å²) < 4.78 is 12.8. The molecule has 0 saturated carbocycles. The number of aromatic nitrogens is 3.